The zero-order valence-electron chi connectivity index (χ0n) is 11.7. The van der Waals surface area contributed by atoms with Crippen LogP contribution in [0.5, 0.6) is 0 Å². The Bertz CT molecular complexity index is 616. The van der Waals surface area contributed by atoms with E-state index in [1.54, 1.807) is 6.92 Å². The molecule has 1 heterocycles. The molecule has 1 aromatic heterocycles. The second-order valence-corrected chi connectivity index (χ2v) is 8.29. The summed E-state index contributed by atoms with van der Waals surface area (Å²) in [7, 11) is -3.76. The number of carbonyl (C=O) groups excluding carboxylic acids is 1. The van der Waals surface area contributed by atoms with Crippen molar-refractivity contribution in [3.05, 3.63) is 15.8 Å². The molecule has 0 aliphatic heterocycles. The van der Waals surface area contributed by atoms with Gasteiger partial charge in [0.15, 0.2) is 0 Å². The first-order valence-electron chi connectivity index (χ1n) is 6.69. The van der Waals surface area contributed by atoms with E-state index in [0.717, 1.165) is 37.0 Å². The minimum atomic E-state index is -3.76. The van der Waals surface area contributed by atoms with Crippen LogP contribution in [-0.2, 0) is 10.0 Å². The number of nitrogens with two attached hydrogens (primary N) is 1. The molecule has 0 spiro atoms. The third-order valence-corrected chi connectivity index (χ3v) is 5.98. The van der Waals surface area contributed by atoms with Crippen LogP contribution in [0.2, 0.25) is 0 Å². The van der Waals surface area contributed by atoms with Crippen LogP contribution in [-0.4, -0.2) is 20.9 Å². The van der Waals surface area contributed by atoms with Gasteiger partial charge in [0.05, 0.1) is 9.77 Å². The SMILES string of the molecule is CCCC1(CNC(=O)c2cc(S(N)(=O)=O)c(C)s2)CC1. The summed E-state index contributed by atoms with van der Waals surface area (Å²) >= 11 is 1.16. The fourth-order valence-corrected chi connectivity index (χ4v) is 4.50. The van der Waals surface area contributed by atoms with Gasteiger partial charge >= 0.3 is 0 Å². The predicted molar refractivity (Wildman–Crippen MR) is 79.3 cm³/mol. The third kappa shape index (κ3) is 3.39. The van der Waals surface area contributed by atoms with Gasteiger partial charge in [-0.3, -0.25) is 4.79 Å². The van der Waals surface area contributed by atoms with Crippen LogP contribution < -0.4 is 10.5 Å². The maximum atomic E-state index is 12.1. The summed E-state index contributed by atoms with van der Waals surface area (Å²) in [4.78, 5) is 13.1. The molecule has 0 bridgehead atoms. The number of primary sulfonamides is 1. The van der Waals surface area contributed by atoms with Crippen LogP contribution in [0, 0.1) is 12.3 Å². The Morgan fingerprint density at radius 1 is 1.50 bits per heavy atom. The van der Waals surface area contributed by atoms with Crippen LogP contribution in [0.3, 0.4) is 0 Å². The van der Waals surface area contributed by atoms with E-state index in [-0.39, 0.29) is 16.2 Å². The van der Waals surface area contributed by atoms with Crippen molar-refractivity contribution in [2.24, 2.45) is 10.6 Å². The first-order valence-corrected chi connectivity index (χ1v) is 9.05. The lowest BCUT2D eigenvalue weighted by Crippen LogP contribution is -2.29. The van der Waals surface area contributed by atoms with Crippen molar-refractivity contribution in [2.75, 3.05) is 6.54 Å². The normalized spacial score (nSPS) is 16.9. The van der Waals surface area contributed by atoms with Gasteiger partial charge in [-0.05, 0) is 37.7 Å². The molecule has 1 amide bonds. The van der Waals surface area contributed by atoms with Gasteiger partial charge in [-0.25, -0.2) is 13.6 Å². The number of aryl methyl sites for hydroxylation is 1. The van der Waals surface area contributed by atoms with E-state index < -0.39 is 10.0 Å². The van der Waals surface area contributed by atoms with Crippen LogP contribution in [0.25, 0.3) is 0 Å². The van der Waals surface area contributed by atoms with E-state index >= 15 is 0 Å². The Morgan fingerprint density at radius 3 is 2.60 bits per heavy atom. The number of amides is 1. The molecule has 5 nitrogen and oxygen atoms in total. The molecule has 0 radical (unpaired) electrons. The number of carbonyl (C=O) groups is 1. The van der Waals surface area contributed by atoms with Gasteiger partial charge < -0.3 is 5.32 Å². The fraction of sp³-hybridized carbons (Fsp3) is 0.615. The summed E-state index contributed by atoms with van der Waals surface area (Å²) in [5.74, 6) is -0.213. The summed E-state index contributed by atoms with van der Waals surface area (Å²) in [6.07, 6.45) is 4.56. The Kier molecular flexibility index (Phi) is 4.22. The van der Waals surface area contributed by atoms with Gasteiger partial charge in [0, 0.05) is 11.4 Å². The lowest BCUT2D eigenvalue weighted by atomic mass is 10.0. The van der Waals surface area contributed by atoms with Gasteiger partial charge in [-0.1, -0.05) is 13.3 Å². The zero-order chi connectivity index (χ0) is 15.0. The second-order valence-electron chi connectivity index (χ2n) is 5.51. The Hall–Kier alpha value is -0.920. The summed E-state index contributed by atoms with van der Waals surface area (Å²) in [5.41, 5.74) is 0.277. The third-order valence-electron chi connectivity index (χ3n) is 3.76. The number of nitrogens with one attached hydrogen (secondary N) is 1. The summed E-state index contributed by atoms with van der Waals surface area (Å²) in [6, 6.07) is 1.37. The van der Waals surface area contributed by atoms with Crippen molar-refractivity contribution in [2.45, 2.75) is 44.4 Å². The number of hydrogen-bond donors (Lipinski definition) is 2. The first-order chi connectivity index (χ1) is 9.27. The van der Waals surface area contributed by atoms with E-state index in [0.29, 0.717) is 16.3 Å². The van der Waals surface area contributed by atoms with Crippen LogP contribution in [0.4, 0.5) is 0 Å². The highest BCUT2D eigenvalue weighted by molar-refractivity contribution is 7.89. The molecule has 2 rings (SSSR count). The number of hydrogen-bond acceptors (Lipinski definition) is 4. The van der Waals surface area contributed by atoms with Gasteiger partial charge in [-0.2, -0.15) is 0 Å². The molecule has 1 aliphatic rings. The largest absolute Gasteiger partial charge is 0.351 e. The maximum Gasteiger partial charge on any atom is 0.261 e. The van der Waals surface area contributed by atoms with Gasteiger partial charge in [0.2, 0.25) is 10.0 Å². The molecule has 112 valence electrons. The topological polar surface area (TPSA) is 89.3 Å². The van der Waals surface area contributed by atoms with Crippen LogP contribution in [0.15, 0.2) is 11.0 Å². The molecule has 1 aliphatic carbocycles. The molecule has 1 saturated carbocycles. The fourth-order valence-electron chi connectivity index (χ4n) is 2.44. The molecule has 1 aromatic rings. The minimum Gasteiger partial charge on any atom is -0.351 e. The van der Waals surface area contributed by atoms with Crippen LogP contribution in [0.1, 0.15) is 47.2 Å². The smallest absolute Gasteiger partial charge is 0.261 e. The van der Waals surface area contributed by atoms with Crippen LogP contribution >= 0.6 is 11.3 Å². The predicted octanol–water partition coefficient (Wildman–Crippen LogP) is 2.01. The number of rotatable bonds is 6. The summed E-state index contributed by atoms with van der Waals surface area (Å²) < 4.78 is 22.7. The lowest BCUT2D eigenvalue weighted by molar-refractivity contribution is 0.0947. The van der Waals surface area contributed by atoms with Crippen molar-refractivity contribution < 1.29 is 13.2 Å². The summed E-state index contributed by atoms with van der Waals surface area (Å²) in [5, 5.41) is 8.03. The zero-order valence-corrected chi connectivity index (χ0v) is 13.4. The van der Waals surface area contributed by atoms with Crippen molar-refractivity contribution in [1.29, 1.82) is 0 Å². The van der Waals surface area contributed by atoms with E-state index in [2.05, 4.69) is 12.2 Å². The molecular formula is C13H20N2O3S2. The van der Waals surface area contributed by atoms with Gasteiger partial charge in [0.25, 0.3) is 5.91 Å². The van der Waals surface area contributed by atoms with Crippen molar-refractivity contribution in [3.63, 3.8) is 0 Å². The Morgan fingerprint density at radius 2 is 2.15 bits per heavy atom. The molecule has 0 unspecified atom stereocenters. The quantitative estimate of drug-likeness (QED) is 0.841. The standard InChI is InChI=1S/C13H20N2O3S2/c1-3-4-13(5-6-13)8-15-12(16)10-7-11(9(2)19-10)20(14,17)18/h7H,3-6,8H2,1-2H3,(H,15,16)(H2,14,17,18). The van der Waals surface area contributed by atoms with E-state index in [9.17, 15) is 13.2 Å². The minimum absolute atomic E-state index is 0.0438. The van der Waals surface area contributed by atoms with Crippen molar-refractivity contribution in [3.8, 4) is 0 Å². The van der Waals surface area contributed by atoms with E-state index in [1.165, 1.54) is 6.07 Å². The Balaban J connectivity index is 2.04. The number of sulfonamides is 1. The molecule has 1 fully saturated rings. The molecule has 20 heavy (non-hydrogen) atoms. The van der Waals surface area contributed by atoms with Gasteiger partial charge in [-0.15, -0.1) is 11.3 Å². The molecule has 3 N–H and O–H groups in total. The monoisotopic (exact) mass is 316 g/mol. The second kappa shape index (κ2) is 5.46. The average molecular weight is 316 g/mol. The molecule has 0 atom stereocenters. The molecule has 0 aromatic carbocycles. The Labute approximate surface area is 123 Å². The van der Waals surface area contributed by atoms with Gasteiger partial charge in [0.1, 0.15) is 0 Å². The first kappa shape index (κ1) is 15.5. The highest BCUT2D eigenvalue weighted by Gasteiger charge is 2.41. The number of thiophene rings is 1. The van der Waals surface area contributed by atoms with E-state index in [4.69, 9.17) is 5.14 Å². The highest BCUT2D eigenvalue weighted by atomic mass is 32.2. The maximum absolute atomic E-state index is 12.1. The average Bonchev–Trinajstić information content (AvgIpc) is 2.98. The van der Waals surface area contributed by atoms with Crippen molar-refractivity contribution in [1.82, 2.24) is 5.32 Å². The highest BCUT2D eigenvalue weighted by Crippen LogP contribution is 2.48. The summed E-state index contributed by atoms with van der Waals surface area (Å²) in [6.45, 7) is 4.46. The van der Waals surface area contributed by atoms with E-state index in [1.807, 2.05) is 0 Å². The molecule has 7 heteroatoms. The molecule has 0 saturated heterocycles. The molecular weight excluding hydrogens is 296 g/mol. The lowest BCUT2D eigenvalue weighted by Gasteiger charge is -2.14. The van der Waals surface area contributed by atoms with Crippen molar-refractivity contribution >= 4 is 27.3 Å².